The van der Waals surface area contributed by atoms with Gasteiger partial charge in [-0.05, 0) is 47.0 Å². The zero-order valence-electron chi connectivity index (χ0n) is 20.3. The standard InChI is InChI=1S/C30H26N4O2S/c35-28(24-10-6-9-23(18-24)22-7-2-1-3-8-22)32-26-12-5-4-11-25(26)29-33-27-17-21(19-31-30(27)37-29)20-34-13-15-36-16-14-34/h1-12,17-19H,13-16,20H2,(H,32,35). The molecule has 6 nitrogen and oxygen atoms in total. The van der Waals surface area contributed by atoms with Crippen LogP contribution in [0, 0.1) is 0 Å². The minimum absolute atomic E-state index is 0.155. The zero-order valence-corrected chi connectivity index (χ0v) is 21.1. The second kappa shape index (κ2) is 10.6. The zero-order chi connectivity index (χ0) is 25.0. The number of fused-ring (bicyclic) bond motifs is 1. The van der Waals surface area contributed by atoms with Crippen LogP contribution in [0.25, 0.3) is 32.0 Å². The van der Waals surface area contributed by atoms with E-state index in [1.807, 2.05) is 85.1 Å². The molecule has 1 aliphatic heterocycles. The van der Waals surface area contributed by atoms with Gasteiger partial charge in [-0.25, -0.2) is 9.97 Å². The molecule has 0 radical (unpaired) electrons. The van der Waals surface area contributed by atoms with E-state index in [1.54, 1.807) is 0 Å². The minimum atomic E-state index is -0.155. The number of carbonyl (C=O) groups is 1. The van der Waals surface area contributed by atoms with Gasteiger partial charge in [-0.3, -0.25) is 9.69 Å². The highest BCUT2D eigenvalue weighted by atomic mass is 32.1. The van der Waals surface area contributed by atoms with Crippen molar-refractivity contribution in [3.05, 3.63) is 102 Å². The molecule has 0 bridgehead atoms. The number of aromatic nitrogens is 2. The summed E-state index contributed by atoms with van der Waals surface area (Å²) in [5.41, 5.74) is 6.32. The molecular weight excluding hydrogens is 480 g/mol. The number of amides is 1. The Morgan fingerprint density at radius 1 is 0.919 bits per heavy atom. The van der Waals surface area contributed by atoms with Gasteiger partial charge in [0.1, 0.15) is 15.4 Å². The van der Waals surface area contributed by atoms with Crippen LogP contribution < -0.4 is 5.32 Å². The van der Waals surface area contributed by atoms with Crippen LogP contribution in [0.3, 0.4) is 0 Å². The van der Waals surface area contributed by atoms with Gasteiger partial charge in [0.15, 0.2) is 0 Å². The van der Waals surface area contributed by atoms with E-state index in [4.69, 9.17) is 9.72 Å². The van der Waals surface area contributed by atoms with E-state index in [0.29, 0.717) is 5.56 Å². The average Bonchev–Trinajstić information content (AvgIpc) is 3.38. The van der Waals surface area contributed by atoms with E-state index in [-0.39, 0.29) is 5.91 Å². The summed E-state index contributed by atoms with van der Waals surface area (Å²) in [5.74, 6) is -0.155. The van der Waals surface area contributed by atoms with E-state index in [9.17, 15) is 4.79 Å². The number of rotatable bonds is 6. The van der Waals surface area contributed by atoms with Crippen molar-refractivity contribution in [1.82, 2.24) is 14.9 Å². The maximum absolute atomic E-state index is 13.2. The number of ether oxygens (including phenoxy) is 1. The maximum atomic E-state index is 13.2. The number of morpholine rings is 1. The Morgan fingerprint density at radius 3 is 2.57 bits per heavy atom. The van der Waals surface area contributed by atoms with Gasteiger partial charge in [-0.1, -0.05) is 65.9 Å². The highest BCUT2D eigenvalue weighted by Gasteiger charge is 2.16. The Morgan fingerprint density at radius 2 is 1.70 bits per heavy atom. The molecule has 1 aliphatic rings. The van der Waals surface area contributed by atoms with Crippen LogP contribution in [0.1, 0.15) is 15.9 Å². The van der Waals surface area contributed by atoms with Gasteiger partial charge in [0.25, 0.3) is 5.91 Å². The smallest absolute Gasteiger partial charge is 0.255 e. The van der Waals surface area contributed by atoms with Crippen LogP contribution in [0.4, 0.5) is 5.69 Å². The van der Waals surface area contributed by atoms with Crippen molar-refractivity contribution in [2.45, 2.75) is 6.54 Å². The number of nitrogens with zero attached hydrogens (tertiary/aromatic N) is 3. The molecule has 0 spiro atoms. The minimum Gasteiger partial charge on any atom is -0.379 e. The number of anilines is 1. The van der Waals surface area contributed by atoms with Gasteiger partial charge >= 0.3 is 0 Å². The average molecular weight is 507 g/mol. The van der Waals surface area contributed by atoms with E-state index in [1.165, 1.54) is 11.3 Å². The maximum Gasteiger partial charge on any atom is 0.255 e. The number of carbonyl (C=O) groups excluding carboxylic acids is 1. The molecule has 1 amide bonds. The topological polar surface area (TPSA) is 67.4 Å². The normalized spacial score (nSPS) is 14.1. The van der Waals surface area contributed by atoms with Crippen molar-refractivity contribution in [1.29, 1.82) is 0 Å². The molecule has 1 N–H and O–H groups in total. The summed E-state index contributed by atoms with van der Waals surface area (Å²) in [7, 11) is 0. The molecule has 184 valence electrons. The Bertz CT molecular complexity index is 1540. The first-order valence-electron chi connectivity index (χ1n) is 12.3. The number of nitrogens with one attached hydrogen (secondary N) is 1. The lowest BCUT2D eigenvalue weighted by atomic mass is 10.0. The Labute approximate surface area is 219 Å². The third kappa shape index (κ3) is 5.29. The Balaban J connectivity index is 1.24. The first-order valence-corrected chi connectivity index (χ1v) is 13.2. The number of benzene rings is 3. The summed E-state index contributed by atoms with van der Waals surface area (Å²) in [4.78, 5) is 26.1. The number of para-hydroxylation sites is 1. The molecule has 7 heteroatoms. The molecule has 0 unspecified atom stereocenters. The summed E-state index contributed by atoms with van der Waals surface area (Å²) >= 11 is 1.53. The summed E-state index contributed by atoms with van der Waals surface area (Å²) in [6.45, 7) is 4.25. The van der Waals surface area contributed by atoms with Crippen molar-refractivity contribution in [2.75, 3.05) is 31.6 Å². The second-order valence-electron chi connectivity index (χ2n) is 9.02. The SMILES string of the molecule is O=C(Nc1ccccc1-c1nc2cc(CN3CCOCC3)cnc2s1)c1cccc(-c2ccccc2)c1. The predicted molar refractivity (Wildman–Crippen MR) is 149 cm³/mol. The largest absolute Gasteiger partial charge is 0.379 e. The van der Waals surface area contributed by atoms with Gasteiger partial charge in [0, 0.05) is 37.0 Å². The molecule has 2 aromatic heterocycles. The third-order valence-corrected chi connectivity index (χ3v) is 7.46. The van der Waals surface area contributed by atoms with E-state index in [0.717, 1.165) is 76.1 Å². The lowest BCUT2D eigenvalue weighted by molar-refractivity contribution is 0.0341. The molecule has 1 saturated heterocycles. The van der Waals surface area contributed by atoms with Crippen molar-refractivity contribution >= 4 is 33.3 Å². The monoisotopic (exact) mass is 506 g/mol. The van der Waals surface area contributed by atoms with Gasteiger partial charge in [0.2, 0.25) is 0 Å². The summed E-state index contributed by atoms with van der Waals surface area (Å²) < 4.78 is 5.45. The van der Waals surface area contributed by atoms with E-state index in [2.05, 4.69) is 21.3 Å². The van der Waals surface area contributed by atoms with E-state index >= 15 is 0 Å². The predicted octanol–water partition coefficient (Wildman–Crippen LogP) is 6.11. The molecule has 5 aromatic rings. The Kier molecular flexibility index (Phi) is 6.73. The van der Waals surface area contributed by atoms with Crippen molar-refractivity contribution < 1.29 is 9.53 Å². The molecule has 6 rings (SSSR count). The number of pyridine rings is 1. The molecule has 37 heavy (non-hydrogen) atoms. The Hall–Kier alpha value is -3.91. The van der Waals surface area contributed by atoms with Gasteiger partial charge in [-0.15, -0.1) is 0 Å². The lowest BCUT2D eigenvalue weighted by Crippen LogP contribution is -2.35. The summed E-state index contributed by atoms with van der Waals surface area (Å²) in [5, 5.41) is 3.94. The van der Waals surface area contributed by atoms with Crippen LogP contribution in [0.5, 0.6) is 0 Å². The lowest BCUT2D eigenvalue weighted by Gasteiger charge is -2.26. The first-order chi connectivity index (χ1) is 18.2. The number of hydrogen-bond acceptors (Lipinski definition) is 6. The van der Waals surface area contributed by atoms with Crippen LogP contribution in [-0.4, -0.2) is 47.1 Å². The highest BCUT2D eigenvalue weighted by molar-refractivity contribution is 7.21. The second-order valence-corrected chi connectivity index (χ2v) is 10.00. The molecule has 3 heterocycles. The van der Waals surface area contributed by atoms with Gasteiger partial charge in [0.05, 0.1) is 18.9 Å². The molecule has 3 aromatic carbocycles. The van der Waals surface area contributed by atoms with Crippen LogP contribution in [-0.2, 0) is 11.3 Å². The third-order valence-electron chi connectivity index (χ3n) is 6.45. The highest BCUT2D eigenvalue weighted by Crippen LogP contribution is 2.34. The van der Waals surface area contributed by atoms with Gasteiger partial charge in [-0.2, -0.15) is 0 Å². The molecule has 0 saturated carbocycles. The quantitative estimate of drug-likeness (QED) is 0.301. The van der Waals surface area contributed by atoms with E-state index < -0.39 is 0 Å². The van der Waals surface area contributed by atoms with Crippen molar-refractivity contribution in [2.24, 2.45) is 0 Å². The first kappa shape index (κ1) is 23.5. The van der Waals surface area contributed by atoms with Crippen LogP contribution in [0.15, 0.2) is 91.1 Å². The van der Waals surface area contributed by atoms with Crippen molar-refractivity contribution in [3.8, 4) is 21.7 Å². The van der Waals surface area contributed by atoms with Crippen LogP contribution >= 0.6 is 11.3 Å². The van der Waals surface area contributed by atoms with Gasteiger partial charge < -0.3 is 10.1 Å². The van der Waals surface area contributed by atoms with Crippen LogP contribution in [0.2, 0.25) is 0 Å². The fourth-order valence-electron chi connectivity index (χ4n) is 4.53. The molecule has 1 fully saturated rings. The fourth-order valence-corrected chi connectivity index (χ4v) is 5.46. The van der Waals surface area contributed by atoms with Crippen molar-refractivity contribution in [3.63, 3.8) is 0 Å². The fraction of sp³-hybridized carbons (Fsp3) is 0.167. The molecule has 0 aliphatic carbocycles. The summed E-state index contributed by atoms with van der Waals surface area (Å²) in [6.07, 6.45) is 1.94. The summed E-state index contributed by atoms with van der Waals surface area (Å²) in [6, 6.07) is 27.7. The number of thiazole rings is 1. The molecular formula is C30H26N4O2S. The molecule has 0 atom stereocenters. The number of hydrogen-bond donors (Lipinski definition) is 1.